The van der Waals surface area contributed by atoms with E-state index in [0.29, 0.717) is 0 Å². The van der Waals surface area contributed by atoms with Crippen LogP contribution in [0.4, 0.5) is 0 Å². The molecule has 0 radical (unpaired) electrons. The summed E-state index contributed by atoms with van der Waals surface area (Å²) in [5.74, 6) is 0. The van der Waals surface area contributed by atoms with Crippen LogP contribution in [0.1, 0.15) is 63.8 Å². The monoisotopic (exact) mass is 344 g/mol. The lowest BCUT2D eigenvalue weighted by Crippen LogP contribution is -1.97. The van der Waals surface area contributed by atoms with Gasteiger partial charge in [-0.1, -0.05) is 127 Å². The molecule has 0 heteroatoms. The van der Waals surface area contributed by atoms with Gasteiger partial charge in [0.2, 0.25) is 0 Å². The first-order chi connectivity index (χ1) is 12.1. The van der Waals surface area contributed by atoms with Gasteiger partial charge in [0.05, 0.1) is 0 Å². The van der Waals surface area contributed by atoms with Crippen LogP contribution in [-0.2, 0) is 0 Å². The van der Waals surface area contributed by atoms with E-state index in [9.17, 15) is 0 Å². The maximum atomic E-state index is 2.24. The second kappa shape index (κ2) is 8.36. The number of hydrogen-bond acceptors (Lipinski definition) is 0. The summed E-state index contributed by atoms with van der Waals surface area (Å²) in [6.45, 7) is 13.3. The third kappa shape index (κ3) is 7.70. The standard InChI is InChI=1S/C26H32/c1-25(2,3)19-17-23-13-9-21(10-14-23)7-8-22-11-15-24(16-12-22)18-20-26(4,5)6/h7-20H,1-6H3/b8-7+,19-17+,20-18+. The zero-order chi connectivity index (χ0) is 19.2. The normalized spacial score (nSPS) is 13.3. The molecule has 0 aliphatic carbocycles. The molecule has 0 amide bonds. The Kier molecular flexibility index (Phi) is 6.42. The topological polar surface area (TPSA) is 0 Å². The van der Waals surface area contributed by atoms with Gasteiger partial charge in [0.15, 0.2) is 0 Å². The third-order valence-corrected chi connectivity index (χ3v) is 3.89. The molecule has 26 heavy (non-hydrogen) atoms. The Morgan fingerprint density at radius 2 is 0.654 bits per heavy atom. The summed E-state index contributed by atoms with van der Waals surface area (Å²) in [6, 6.07) is 17.3. The van der Waals surface area contributed by atoms with Crippen molar-refractivity contribution in [3.63, 3.8) is 0 Å². The molecule has 0 saturated heterocycles. The van der Waals surface area contributed by atoms with Crippen molar-refractivity contribution in [2.24, 2.45) is 10.8 Å². The molecule has 0 N–H and O–H groups in total. The first-order valence-electron chi connectivity index (χ1n) is 9.37. The number of allylic oxidation sites excluding steroid dienone is 2. The van der Waals surface area contributed by atoms with Crippen LogP contribution in [0.5, 0.6) is 0 Å². The first-order valence-corrected chi connectivity index (χ1v) is 9.37. The van der Waals surface area contributed by atoms with Crippen LogP contribution in [0.3, 0.4) is 0 Å². The predicted molar refractivity (Wildman–Crippen MR) is 119 cm³/mol. The van der Waals surface area contributed by atoms with E-state index >= 15 is 0 Å². The molecule has 0 aliphatic rings. The van der Waals surface area contributed by atoms with Crippen molar-refractivity contribution in [1.29, 1.82) is 0 Å². The Morgan fingerprint density at radius 1 is 0.423 bits per heavy atom. The molecule has 0 saturated carbocycles. The van der Waals surface area contributed by atoms with Crippen LogP contribution in [0.25, 0.3) is 24.3 Å². The fraction of sp³-hybridized carbons (Fsp3) is 0.308. The van der Waals surface area contributed by atoms with Gasteiger partial charge in [-0.3, -0.25) is 0 Å². The molecule has 0 spiro atoms. The fourth-order valence-electron chi connectivity index (χ4n) is 2.32. The van der Waals surface area contributed by atoms with E-state index in [1.54, 1.807) is 0 Å². The molecule has 2 aromatic rings. The van der Waals surface area contributed by atoms with E-state index in [1.807, 2.05) is 0 Å². The maximum absolute atomic E-state index is 2.24. The highest BCUT2D eigenvalue weighted by molar-refractivity contribution is 5.71. The molecule has 0 unspecified atom stereocenters. The minimum Gasteiger partial charge on any atom is -0.0785 e. The summed E-state index contributed by atoms with van der Waals surface area (Å²) < 4.78 is 0. The summed E-state index contributed by atoms with van der Waals surface area (Å²) in [5, 5.41) is 0. The molecule has 0 aromatic heterocycles. The maximum Gasteiger partial charge on any atom is -0.0200 e. The highest BCUT2D eigenvalue weighted by Crippen LogP contribution is 2.19. The quantitative estimate of drug-likeness (QED) is 0.493. The Bertz CT molecular complexity index is 698. The van der Waals surface area contributed by atoms with Crippen molar-refractivity contribution < 1.29 is 0 Å². The minimum atomic E-state index is 0.215. The second-order valence-corrected chi connectivity index (χ2v) is 9.07. The van der Waals surface area contributed by atoms with Crippen LogP contribution < -0.4 is 0 Å². The average molecular weight is 345 g/mol. The van der Waals surface area contributed by atoms with Gasteiger partial charge in [-0.2, -0.15) is 0 Å². The molecule has 136 valence electrons. The minimum absolute atomic E-state index is 0.215. The van der Waals surface area contributed by atoms with E-state index in [2.05, 4.69) is 127 Å². The smallest absolute Gasteiger partial charge is 0.0200 e. The highest BCUT2D eigenvalue weighted by Gasteiger charge is 2.04. The summed E-state index contributed by atoms with van der Waals surface area (Å²) in [7, 11) is 0. The lowest BCUT2D eigenvalue weighted by atomic mass is 9.95. The molecule has 0 aliphatic heterocycles. The number of hydrogen-bond donors (Lipinski definition) is 0. The van der Waals surface area contributed by atoms with Crippen molar-refractivity contribution in [3.05, 3.63) is 82.9 Å². The Morgan fingerprint density at radius 3 is 0.885 bits per heavy atom. The Hall–Kier alpha value is -2.34. The summed E-state index contributed by atoms with van der Waals surface area (Å²) in [4.78, 5) is 0. The van der Waals surface area contributed by atoms with Crippen molar-refractivity contribution in [2.45, 2.75) is 41.5 Å². The van der Waals surface area contributed by atoms with Gasteiger partial charge in [0, 0.05) is 0 Å². The molecule has 0 nitrogen and oxygen atoms in total. The van der Waals surface area contributed by atoms with Crippen LogP contribution in [0.15, 0.2) is 60.7 Å². The van der Waals surface area contributed by atoms with E-state index < -0.39 is 0 Å². The summed E-state index contributed by atoms with van der Waals surface area (Å²) in [5.41, 5.74) is 5.35. The van der Waals surface area contributed by atoms with E-state index in [4.69, 9.17) is 0 Å². The Balaban J connectivity index is 2.01. The predicted octanol–water partition coefficient (Wildman–Crippen LogP) is 7.98. The van der Waals surface area contributed by atoms with Crippen LogP contribution in [0.2, 0.25) is 0 Å². The zero-order valence-corrected chi connectivity index (χ0v) is 17.1. The van der Waals surface area contributed by atoms with E-state index in [-0.39, 0.29) is 10.8 Å². The van der Waals surface area contributed by atoms with Crippen molar-refractivity contribution in [3.8, 4) is 0 Å². The van der Waals surface area contributed by atoms with Crippen molar-refractivity contribution in [1.82, 2.24) is 0 Å². The molecule has 0 bridgehead atoms. The molecule has 0 heterocycles. The molecular weight excluding hydrogens is 312 g/mol. The van der Waals surface area contributed by atoms with Gasteiger partial charge in [-0.15, -0.1) is 0 Å². The molecule has 2 rings (SSSR count). The van der Waals surface area contributed by atoms with Crippen LogP contribution in [-0.4, -0.2) is 0 Å². The summed E-state index contributed by atoms with van der Waals surface area (Å²) in [6.07, 6.45) is 13.2. The molecular formula is C26H32. The van der Waals surface area contributed by atoms with Gasteiger partial charge in [0.25, 0.3) is 0 Å². The Labute approximate surface area is 160 Å². The summed E-state index contributed by atoms with van der Waals surface area (Å²) >= 11 is 0. The van der Waals surface area contributed by atoms with Crippen molar-refractivity contribution in [2.75, 3.05) is 0 Å². The zero-order valence-electron chi connectivity index (χ0n) is 17.1. The number of rotatable bonds is 4. The van der Waals surface area contributed by atoms with Gasteiger partial charge in [-0.25, -0.2) is 0 Å². The van der Waals surface area contributed by atoms with Gasteiger partial charge in [0.1, 0.15) is 0 Å². The first kappa shape index (κ1) is 20.0. The van der Waals surface area contributed by atoms with Crippen molar-refractivity contribution >= 4 is 24.3 Å². The third-order valence-electron chi connectivity index (χ3n) is 3.89. The SMILES string of the molecule is CC(C)(C)/C=C/c1ccc(/C=C/c2ccc(/C=C/C(C)(C)C)cc2)cc1. The molecule has 2 aromatic carbocycles. The fourth-order valence-corrected chi connectivity index (χ4v) is 2.32. The average Bonchev–Trinajstić information content (AvgIpc) is 2.57. The number of benzene rings is 2. The van der Waals surface area contributed by atoms with Crippen LogP contribution in [0, 0.1) is 10.8 Å². The lowest BCUT2D eigenvalue weighted by Gasteiger charge is -2.11. The second-order valence-electron chi connectivity index (χ2n) is 9.07. The largest absolute Gasteiger partial charge is 0.0785 e. The van der Waals surface area contributed by atoms with E-state index in [1.165, 1.54) is 22.3 Å². The van der Waals surface area contributed by atoms with Gasteiger partial charge < -0.3 is 0 Å². The van der Waals surface area contributed by atoms with Crippen LogP contribution >= 0.6 is 0 Å². The van der Waals surface area contributed by atoms with Gasteiger partial charge in [-0.05, 0) is 33.1 Å². The van der Waals surface area contributed by atoms with E-state index in [0.717, 1.165) is 0 Å². The lowest BCUT2D eigenvalue weighted by molar-refractivity contribution is 0.547. The highest BCUT2D eigenvalue weighted by atomic mass is 14.1. The molecule has 0 fully saturated rings. The van der Waals surface area contributed by atoms with Gasteiger partial charge >= 0.3 is 0 Å². The molecule has 0 atom stereocenters.